The van der Waals surface area contributed by atoms with E-state index in [2.05, 4.69) is 0 Å². The predicted octanol–water partition coefficient (Wildman–Crippen LogP) is 0.344. The molecule has 1 aliphatic rings. The molecule has 1 aliphatic heterocycles. The smallest absolute Gasteiger partial charge is 0.310 e. The van der Waals surface area contributed by atoms with Crippen LogP contribution in [0.5, 0.6) is 0 Å². The number of likely N-dealkylation sites (tertiary alicyclic amines) is 1. The first-order valence-electron chi connectivity index (χ1n) is 5.93. The van der Waals surface area contributed by atoms with E-state index in [1.165, 1.54) is 0 Å². The van der Waals surface area contributed by atoms with Crippen LogP contribution in [-0.2, 0) is 11.2 Å². The molecule has 0 spiro atoms. The first-order chi connectivity index (χ1) is 8.63. The van der Waals surface area contributed by atoms with Crippen LogP contribution >= 0.6 is 0 Å². The number of carboxylic acids is 1. The molecule has 0 saturated carbocycles. The van der Waals surface area contributed by atoms with E-state index in [1.807, 2.05) is 18.2 Å². The van der Waals surface area contributed by atoms with Gasteiger partial charge in [0.1, 0.15) is 0 Å². The van der Waals surface area contributed by atoms with Gasteiger partial charge in [-0.15, -0.1) is 0 Å². The third-order valence-corrected chi connectivity index (χ3v) is 3.18. The van der Waals surface area contributed by atoms with Crippen LogP contribution in [0.15, 0.2) is 24.3 Å². The Morgan fingerprint density at radius 3 is 2.61 bits per heavy atom. The van der Waals surface area contributed by atoms with E-state index >= 15 is 0 Å². The molecule has 5 heteroatoms. The van der Waals surface area contributed by atoms with Crippen LogP contribution in [-0.4, -0.2) is 41.5 Å². The number of amides is 1. The van der Waals surface area contributed by atoms with Gasteiger partial charge in [0.05, 0.1) is 5.92 Å². The van der Waals surface area contributed by atoms with Crippen LogP contribution in [0.4, 0.5) is 0 Å². The maximum Gasteiger partial charge on any atom is 0.310 e. The fraction of sp³-hybridized carbons (Fsp3) is 0.385. The Labute approximate surface area is 105 Å². The zero-order valence-corrected chi connectivity index (χ0v) is 10.0. The van der Waals surface area contributed by atoms with Crippen LogP contribution in [0.3, 0.4) is 0 Å². The Morgan fingerprint density at radius 1 is 1.33 bits per heavy atom. The highest BCUT2D eigenvalue weighted by atomic mass is 16.4. The second-order valence-electron chi connectivity index (χ2n) is 4.44. The molecule has 1 heterocycles. The molecule has 1 fully saturated rings. The van der Waals surface area contributed by atoms with Gasteiger partial charge in [0, 0.05) is 18.7 Å². The van der Waals surface area contributed by atoms with Gasteiger partial charge < -0.3 is 15.7 Å². The number of carbonyl (C=O) groups excluding carboxylic acids is 1. The van der Waals surface area contributed by atoms with Crippen LogP contribution < -0.4 is 5.73 Å². The topological polar surface area (TPSA) is 83.6 Å². The third-order valence-electron chi connectivity index (χ3n) is 3.18. The average molecular weight is 248 g/mol. The Balaban J connectivity index is 2.08. The Morgan fingerprint density at radius 2 is 2.00 bits per heavy atom. The fourth-order valence-corrected chi connectivity index (χ4v) is 2.07. The molecule has 0 radical (unpaired) electrons. The van der Waals surface area contributed by atoms with Crippen molar-refractivity contribution >= 4 is 11.9 Å². The molecule has 1 amide bonds. The summed E-state index contributed by atoms with van der Waals surface area (Å²) in [6, 6.07) is 7.33. The minimum atomic E-state index is -0.839. The van der Waals surface area contributed by atoms with Gasteiger partial charge in [-0.1, -0.05) is 18.2 Å². The zero-order chi connectivity index (χ0) is 13.1. The lowest BCUT2D eigenvalue weighted by atomic mass is 9.97. The van der Waals surface area contributed by atoms with Crippen LogP contribution in [0.2, 0.25) is 0 Å². The number of benzene rings is 1. The van der Waals surface area contributed by atoms with Gasteiger partial charge in [0.15, 0.2) is 0 Å². The lowest BCUT2D eigenvalue weighted by Gasteiger charge is -2.37. The monoisotopic (exact) mass is 248 g/mol. The summed E-state index contributed by atoms with van der Waals surface area (Å²) in [5, 5.41) is 8.79. The van der Waals surface area contributed by atoms with Crippen LogP contribution in [0.25, 0.3) is 0 Å². The van der Waals surface area contributed by atoms with E-state index in [0.717, 1.165) is 5.56 Å². The standard InChI is InChI=1S/C13H16N2O3/c14-6-5-9-3-1-2-4-11(9)12(16)15-7-10(8-15)13(17)18/h1-4,10H,5-8,14H2,(H,17,18). The number of nitrogens with zero attached hydrogens (tertiary/aromatic N) is 1. The number of aliphatic carboxylic acids is 1. The normalized spacial score (nSPS) is 15.3. The summed E-state index contributed by atoms with van der Waals surface area (Å²) in [5.74, 6) is -1.36. The number of rotatable bonds is 4. The zero-order valence-electron chi connectivity index (χ0n) is 10.0. The minimum Gasteiger partial charge on any atom is -0.481 e. The largest absolute Gasteiger partial charge is 0.481 e. The molecule has 5 nitrogen and oxygen atoms in total. The van der Waals surface area contributed by atoms with Gasteiger partial charge in [0.2, 0.25) is 0 Å². The molecule has 3 N–H and O–H groups in total. The number of hydrogen-bond acceptors (Lipinski definition) is 3. The van der Waals surface area contributed by atoms with Crippen LogP contribution in [0, 0.1) is 5.92 Å². The van der Waals surface area contributed by atoms with Crippen molar-refractivity contribution in [1.82, 2.24) is 4.90 Å². The van der Waals surface area contributed by atoms with E-state index in [-0.39, 0.29) is 5.91 Å². The van der Waals surface area contributed by atoms with E-state index < -0.39 is 11.9 Å². The van der Waals surface area contributed by atoms with E-state index in [9.17, 15) is 9.59 Å². The van der Waals surface area contributed by atoms with Crippen molar-refractivity contribution in [3.05, 3.63) is 35.4 Å². The molecule has 1 aromatic rings. The molecule has 0 atom stereocenters. The Bertz CT molecular complexity index is 467. The number of carboxylic acid groups (broad SMARTS) is 1. The van der Waals surface area contributed by atoms with E-state index in [4.69, 9.17) is 10.8 Å². The summed E-state index contributed by atoms with van der Waals surface area (Å²) in [6.45, 7) is 1.08. The van der Waals surface area contributed by atoms with Crippen molar-refractivity contribution in [1.29, 1.82) is 0 Å². The van der Waals surface area contributed by atoms with Gasteiger partial charge in [-0.3, -0.25) is 9.59 Å². The second kappa shape index (κ2) is 5.18. The van der Waals surface area contributed by atoms with Gasteiger partial charge >= 0.3 is 5.97 Å². The highest BCUT2D eigenvalue weighted by Gasteiger charge is 2.36. The second-order valence-corrected chi connectivity index (χ2v) is 4.44. The SMILES string of the molecule is NCCc1ccccc1C(=O)N1CC(C(=O)O)C1. The average Bonchev–Trinajstić information content (AvgIpc) is 2.27. The molecular formula is C13H16N2O3. The van der Waals surface area contributed by atoms with E-state index in [0.29, 0.717) is 31.6 Å². The van der Waals surface area contributed by atoms with Crippen molar-refractivity contribution < 1.29 is 14.7 Å². The molecule has 2 rings (SSSR count). The van der Waals surface area contributed by atoms with Crippen molar-refractivity contribution in [3.8, 4) is 0 Å². The van der Waals surface area contributed by atoms with E-state index in [1.54, 1.807) is 11.0 Å². The molecule has 18 heavy (non-hydrogen) atoms. The quantitative estimate of drug-likeness (QED) is 0.805. The maximum absolute atomic E-state index is 12.2. The molecule has 96 valence electrons. The summed E-state index contributed by atoms with van der Waals surface area (Å²) in [5.41, 5.74) is 7.06. The fourth-order valence-electron chi connectivity index (χ4n) is 2.07. The predicted molar refractivity (Wildman–Crippen MR) is 66.2 cm³/mol. The summed E-state index contributed by atoms with van der Waals surface area (Å²) in [7, 11) is 0. The molecule has 1 aromatic carbocycles. The highest BCUT2D eigenvalue weighted by Crippen LogP contribution is 2.20. The molecule has 0 aliphatic carbocycles. The first kappa shape index (κ1) is 12.6. The lowest BCUT2D eigenvalue weighted by molar-refractivity contribution is -0.146. The Hall–Kier alpha value is -1.88. The number of nitrogens with two attached hydrogens (primary N) is 1. The molecule has 1 saturated heterocycles. The summed E-state index contributed by atoms with van der Waals surface area (Å²) >= 11 is 0. The highest BCUT2D eigenvalue weighted by molar-refractivity contribution is 5.97. The van der Waals surface area contributed by atoms with Gasteiger partial charge in [0.25, 0.3) is 5.91 Å². The summed E-state index contributed by atoms with van der Waals surface area (Å²) in [4.78, 5) is 24.4. The summed E-state index contributed by atoms with van der Waals surface area (Å²) < 4.78 is 0. The van der Waals surface area contributed by atoms with Crippen LogP contribution in [0.1, 0.15) is 15.9 Å². The molecule has 0 aromatic heterocycles. The Kier molecular flexibility index (Phi) is 3.62. The van der Waals surface area contributed by atoms with Crippen molar-refractivity contribution in [2.75, 3.05) is 19.6 Å². The number of carbonyl (C=O) groups is 2. The first-order valence-corrected chi connectivity index (χ1v) is 5.93. The maximum atomic E-state index is 12.2. The van der Waals surface area contributed by atoms with Gasteiger partial charge in [-0.05, 0) is 24.6 Å². The van der Waals surface area contributed by atoms with Gasteiger partial charge in [-0.25, -0.2) is 0 Å². The van der Waals surface area contributed by atoms with Crippen molar-refractivity contribution in [2.45, 2.75) is 6.42 Å². The van der Waals surface area contributed by atoms with Crippen molar-refractivity contribution in [2.24, 2.45) is 11.7 Å². The third kappa shape index (κ3) is 2.36. The molecule has 0 bridgehead atoms. The molecule has 0 unspecified atom stereocenters. The summed E-state index contributed by atoms with van der Waals surface area (Å²) in [6.07, 6.45) is 0.651. The lowest BCUT2D eigenvalue weighted by Crippen LogP contribution is -2.53. The minimum absolute atomic E-state index is 0.100. The number of hydrogen-bond donors (Lipinski definition) is 2. The molecular weight excluding hydrogens is 232 g/mol. The van der Waals surface area contributed by atoms with Gasteiger partial charge in [-0.2, -0.15) is 0 Å². The van der Waals surface area contributed by atoms with Crippen molar-refractivity contribution in [3.63, 3.8) is 0 Å².